The molecule has 0 radical (unpaired) electrons. The highest BCUT2D eigenvalue weighted by Gasteiger charge is 2.59. The average molecular weight is 701 g/mol. The van der Waals surface area contributed by atoms with Gasteiger partial charge in [-0.15, -0.1) is 0 Å². The Bertz CT molecular complexity index is 1400. The summed E-state index contributed by atoms with van der Waals surface area (Å²) in [5.74, 6) is -1.63. The molecule has 0 amide bonds. The highest BCUT2D eigenvalue weighted by atomic mass is 16.6. The number of hydrogen-bond donors (Lipinski definition) is 6. The van der Waals surface area contributed by atoms with Crippen LogP contribution in [-0.4, -0.2) is 93.4 Å². The second kappa shape index (κ2) is 14.6. The highest BCUT2D eigenvalue weighted by Crippen LogP contribution is 2.63. The summed E-state index contributed by atoms with van der Waals surface area (Å²) in [5, 5.41) is 63.8. The smallest absolute Gasteiger partial charge is 0.337 e. The first-order valence-electron chi connectivity index (χ1n) is 18.5. The Labute approximate surface area is 296 Å². The van der Waals surface area contributed by atoms with Crippen LogP contribution in [0.4, 0.5) is 0 Å². The van der Waals surface area contributed by atoms with Crippen LogP contribution in [0.25, 0.3) is 0 Å². The number of fused-ring (bicyclic) bond motifs is 2. The quantitative estimate of drug-likeness (QED) is 0.111. The van der Waals surface area contributed by atoms with Crippen LogP contribution in [0, 0.1) is 45.3 Å². The van der Waals surface area contributed by atoms with Crippen LogP contribution >= 0.6 is 0 Å². The summed E-state index contributed by atoms with van der Waals surface area (Å²) in [6.45, 7) is 15.9. The lowest BCUT2D eigenvalue weighted by atomic mass is 9.46. The molecule has 6 N–H and O–H groups in total. The molecule has 0 bridgehead atoms. The summed E-state index contributed by atoms with van der Waals surface area (Å²) in [5.41, 5.74) is 0.134. The van der Waals surface area contributed by atoms with Gasteiger partial charge in [-0.1, -0.05) is 58.1 Å². The molecular weight excluding hydrogens is 640 g/mol. The van der Waals surface area contributed by atoms with Gasteiger partial charge in [0.15, 0.2) is 6.10 Å². The average Bonchev–Trinajstić information content (AvgIpc) is 3.42. The van der Waals surface area contributed by atoms with Crippen LogP contribution < -0.4 is 0 Å². The molecule has 10 heteroatoms. The van der Waals surface area contributed by atoms with Crippen LogP contribution in [0.2, 0.25) is 0 Å². The summed E-state index contributed by atoms with van der Waals surface area (Å²) in [7, 11) is 0. The Morgan fingerprint density at radius 2 is 1.42 bits per heavy atom. The minimum absolute atomic E-state index is 0.0214. The van der Waals surface area contributed by atoms with Gasteiger partial charge in [0.2, 0.25) is 0 Å². The molecule has 5 rings (SSSR count). The fraction of sp³-hybridized carbons (Fsp3) is 0.750. The number of cyclic esters (lactones) is 1. The Morgan fingerprint density at radius 3 is 1.94 bits per heavy atom. The summed E-state index contributed by atoms with van der Waals surface area (Å²) in [6, 6.07) is 0. The summed E-state index contributed by atoms with van der Waals surface area (Å²) in [6.07, 6.45) is 5.58. The molecule has 5 aliphatic rings. The van der Waals surface area contributed by atoms with Crippen molar-refractivity contribution >= 4 is 11.9 Å². The van der Waals surface area contributed by atoms with Gasteiger partial charge in [-0.3, -0.25) is 0 Å². The van der Waals surface area contributed by atoms with E-state index in [4.69, 9.17) is 9.47 Å². The molecule has 1 saturated heterocycles. The number of aliphatic hydroxyl groups is 6. The lowest BCUT2D eigenvalue weighted by molar-refractivity contribution is -0.155. The van der Waals surface area contributed by atoms with E-state index in [2.05, 4.69) is 27.0 Å². The van der Waals surface area contributed by atoms with Gasteiger partial charge in [0.05, 0.1) is 49.3 Å². The third-order valence-electron chi connectivity index (χ3n) is 14.5. The van der Waals surface area contributed by atoms with Crippen LogP contribution in [0.3, 0.4) is 0 Å². The van der Waals surface area contributed by atoms with Gasteiger partial charge in [-0.25, -0.2) is 9.59 Å². The number of rotatable bonds is 10. The number of hydrogen-bond acceptors (Lipinski definition) is 10. The van der Waals surface area contributed by atoms with Crippen molar-refractivity contribution < 1.29 is 49.7 Å². The fourth-order valence-electron chi connectivity index (χ4n) is 11.3. The van der Waals surface area contributed by atoms with Crippen molar-refractivity contribution in [2.45, 2.75) is 116 Å². The third kappa shape index (κ3) is 6.47. The largest absolute Gasteiger partial charge is 0.458 e. The summed E-state index contributed by atoms with van der Waals surface area (Å²) >= 11 is 0. The number of esters is 2. The molecule has 280 valence electrons. The molecule has 1 heterocycles. The standard InChI is InChI=1S/C40H60O10/c1-23-7-11-31-37(3,16-13-33(45)39(31,5)21-42)27(23)10-9-26-30(20-49-35(26)47)50-36(48)25(15-18-41)29(44)19-28-24(2)8-12-32-38(28,4)17-14-34(46)40(32,6)22-43/h9,15,27-34,41-46H,1-2,7-8,10-14,16-22H2,3-6H3/b25-15+,26-9+/t27-,28-,29?,30?,31+,32+,33-,34-,37+,38+,39+,40+/m1/s1. The van der Waals surface area contributed by atoms with E-state index >= 15 is 0 Å². The Balaban J connectivity index is 1.32. The molecule has 4 aliphatic carbocycles. The number of allylic oxidation sites excluding steroid dienone is 3. The Morgan fingerprint density at radius 1 is 0.900 bits per heavy atom. The minimum atomic E-state index is -1.30. The van der Waals surface area contributed by atoms with Gasteiger partial charge in [0.1, 0.15) is 6.61 Å². The summed E-state index contributed by atoms with van der Waals surface area (Å²) in [4.78, 5) is 26.6. The monoisotopic (exact) mass is 700 g/mol. The van der Waals surface area contributed by atoms with E-state index in [1.165, 1.54) is 6.08 Å². The first-order chi connectivity index (χ1) is 23.5. The van der Waals surface area contributed by atoms with Crippen molar-refractivity contribution in [3.05, 3.63) is 47.6 Å². The molecule has 12 atom stereocenters. The molecule has 0 spiro atoms. The Hall–Kier alpha value is -2.34. The minimum Gasteiger partial charge on any atom is -0.458 e. The molecule has 10 nitrogen and oxygen atoms in total. The van der Waals surface area contributed by atoms with Gasteiger partial charge in [0, 0.05) is 10.8 Å². The van der Waals surface area contributed by atoms with Crippen molar-refractivity contribution in [3.63, 3.8) is 0 Å². The van der Waals surface area contributed by atoms with Crippen molar-refractivity contribution in [2.75, 3.05) is 26.4 Å². The molecule has 5 fully saturated rings. The molecule has 2 unspecified atom stereocenters. The van der Waals surface area contributed by atoms with Crippen molar-refractivity contribution in [1.82, 2.24) is 0 Å². The molecule has 50 heavy (non-hydrogen) atoms. The maximum atomic E-state index is 13.7. The lowest BCUT2D eigenvalue weighted by Crippen LogP contribution is -2.57. The van der Waals surface area contributed by atoms with Crippen LogP contribution in [0.5, 0.6) is 0 Å². The maximum absolute atomic E-state index is 13.7. The molecular formula is C40H60O10. The van der Waals surface area contributed by atoms with Gasteiger partial charge >= 0.3 is 11.9 Å². The van der Waals surface area contributed by atoms with E-state index in [1.54, 1.807) is 6.08 Å². The van der Waals surface area contributed by atoms with Gasteiger partial charge in [0.25, 0.3) is 0 Å². The van der Waals surface area contributed by atoms with Crippen LogP contribution in [0.1, 0.15) is 91.9 Å². The number of aliphatic hydroxyl groups excluding tert-OH is 6. The van der Waals surface area contributed by atoms with E-state index in [0.29, 0.717) is 32.1 Å². The number of carbonyl (C=O) groups excluding carboxylic acids is 2. The fourth-order valence-corrected chi connectivity index (χ4v) is 11.3. The molecule has 0 aromatic carbocycles. The first-order valence-corrected chi connectivity index (χ1v) is 18.5. The number of carbonyl (C=O) groups is 2. The predicted molar refractivity (Wildman–Crippen MR) is 187 cm³/mol. The predicted octanol–water partition coefficient (Wildman–Crippen LogP) is 3.93. The molecule has 4 saturated carbocycles. The molecule has 0 aromatic rings. The van der Waals surface area contributed by atoms with E-state index in [-0.39, 0.29) is 71.9 Å². The highest BCUT2D eigenvalue weighted by molar-refractivity contribution is 5.94. The molecule has 0 aromatic heterocycles. The normalized spacial score (nSPS) is 43.6. The van der Waals surface area contributed by atoms with Gasteiger partial charge in [-0.05, 0) is 105 Å². The zero-order chi connectivity index (χ0) is 36.8. The zero-order valence-corrected chi connectivity index (χ0v) is 30.4. The van der Waals surface area contributed by atoms with E-state index in [0.717, 1.165) is 36.8 Å². The lowest BCUT2D eigenvalue weighted by Gasteiger charge is -2.60. The first kappa shape index (κ1) is 38.9. The SMILES string of the molecule is C=C1CC[C@@H]2[C@](C)(CO)[C@H](O)CC[C@@]2(C)[C@@H]1C/C=C1/C(=O)OCC1OC(=O)/C(=C/CO)C(O)C[C@@H]1C(=C)CC[C@@H]2[C@](C)(CO)[C@H](O)CC[C@]21C. The van der Waals surface area contributed by atoms with E-state index in [9.17, 15) is 40.2 Å². The zero-order valence-electron chi connectivity index (χ0n) is 30.4. The second-order valence-electron chi connectivity index (χ2n) is 17.0. The topological polar surface area (TPSA) is 174 Å². The van der Waals surface area contributed by atoms with E-state index < -0.39 is 53.8 Å². The van der Waals surface area contributed by atoms with E-state index in [1.807, 2.05) is 13.8 Å². The number of ether oxygens (including phenoxy) is 2. The van der Waals surface area contributed by atoms with Crippen molar-refractivity contribution in [2.24, 2.45) is 45.3 Å². The van der Waals surface area contributed by atoms with Crippen LogP contribution in [0.15, 0.2) is 47.6 Å². The van der Waals surface area contributed by atoms with Gasteiger partial charge < -0.3 is 40.1 Å². The van der Waals surface area contributed by atoms with Gasteiger partial charge in [-0.2, -0.15) is 0 Å². The van der Waals surface area contributed by atoms with Crippen LogP contribution in [-0.2, 0) is 19.1 Å². The molecule has 1 aliphatic heterocycles. The Kier molecular flexibility index (Phi) is 11.3. The third-order valence-corrected chi connectivity index (χ3v) is 14.5. The summed E-state index contributed by atoms with van der Waals surface area (Å²) < 4.78 is 11.2. The van der Waals surface area contributed by atoms with Crippen molar-refractivity contribution in [3.8, 4) is 0 Å². The maximum Gasteiger partial charge on any atom is 0.337 e. The van der Waals surface area contributed by atoms with Crippen molar-refractivity contribution in [1.29, 1.82) is 0 Å². The second-order valence-corrected chi connectivity index (χ2v) is 17.0.